The Labute approximate surface area is 86.0 Å². The Hall–Kier alpha value is -1.06. The first-order chi connectivity index (χ1) is 6.45. The molecule has 0 aromatic heterocycles. The number of rotatable bonds is 3. The van der Waals surface area contributed by atoms with Crippen molar-refractivity contribution in [2.45, 2.75) is 46.6 Å². The lowest BCUT2D eigenvalue weighted by molar-refractivity contribution is -0.107. The van der Waals surface area contributed by atoms with E-state index in [9.17, 15) is 9.59 Å². The highest BCUT2D eigenvalue weighted by Crippen LogP contribution is 2.05. The molecule has 0 radical (unpaired) electrons. The zero-order chi connectivity index (χ0) is 11.6. The largest absolute Gasteiger partial charge is 0.444 e. The van der Waals surface area contributed by atoms with E-state index in [0.717, 1.165) is 6.29 Å². The summed E-state index contributed by atoms with van der Waals surface area (Å²) in [5.41, 5.74) is -0.481. The zero-order valence-electron chi connectivity index (χ0n) is 9.72. The Kier molecular flexibility index (Phi) is 9.40. The summed E-state index contributed by atoms with van der Waals surface area (Å²) in [4.78, 5) is 20.8. The van der Waals surface area contributed by atoms with Crippen molar-refractivity contribution in [3.05, 3.63) is 0 Å². The molecule has 0 bridgehead atoms. The molecule has 0 aliphatic rings. The Morgan fingerprint density at radius 3 is 2.21 bits per heavy atom. The molecule has 0 aromatic carbocycles. The van der Waals surface area contributed by atoms with E-state index in [-0.39, 0.29) is 0 Å². The summed E-state index contributed by atoms with van der Waals surface area (Å²) in [6.45, 7) is 9.68. The van der Waals surface area contributed by atoms with Crippen molar-refractivity contribution < 1.29 is 14.3 Å². The third kappa shape index (κ3) is 13.5. The van der Waals surface area contributed by atoms with Gasteiger partial charge >= 0.3 is 6.09 Å². The third-order valence-electron chi connectivity index (χ3n) is 0.930. The van der Waals surface area contributed by atoms with Gasteiger partial charge in [0.15, 0.2) is 0 Å². The maximum absolute atomic E-state index is 10.9. The predicted octanol–water partition coefficient (Wildman–Crippen LogP) is 2.13. The smallest absolute Gasteiger partial charge is 0.407 e. The lowest BCUT2D eigenvalue weighted by Gasteiger charge is -2.19. The molecule has 0 atom stereocenters. The van der Waals surface area contributed by atoms with Gasteiger partial charge in [-0.15, -0.1) is 0 Å². The highest BCUT2D eigenvalue weighted by atomic mass is 16.6. The summed E-state index contributed by atoms with van der Waals surface area (Å²) in [5, 5.41) is 2.45. The first-order valence-corrected chi connectivity index (χ1v) is 4.86. The van der Waals surface area contributed by atoms with E-state index in [1.54, 1.807) is 20.8 Å². The van der Waals surface area contributed by atoms with Crippen LogP contribution in [0.2, 0.25) is 0 Å². The van der Waals surface area contributed by atoms with Gasteiger partial charge in [-0.1, -0.05) is 13.8 Å². The molecule has 0 saturated carbocycles. The molecule has 0 spiro atoms. The number of carbonyl (C=O) groups excluding carboxylic acids is 2. The van der Waals surface area contributed by atoms with Crippen molar-refractivity contribution in [2.75, 3.05) is 6.54 Å². The molecular weight excluding hydrogens is 182 g/mol. The van der Waals surface area contributed by atoms with Crippen LogP contribution >= 0.6 is 0 Å². The van der Waals surface area contributed by atoms with E-state index in [0.29, 0.717) is 13.0 Å². The van der Waals surface area contributed by atoms with Crippen LogP contribution in [0.5, 0.6) is 0 Å². The van der Waals surface area contributed by atoms with Crippen LogP contribution in [-0.4, -0.2) is 24.5 Å². The average Bonchev–Trinajstić information content (AvgIpc) is 2.05. The standard InChI is InChI=1S/C8H15NO3.C2H6/c1-8(2,3)12-7(11)9-5-4-6-10;1-2/h6H,4-5H2,1-3H3,(H,9,11);1-2H3. The highest BCUT2D eigenvalue weighted by molar-refractivity contribution is 5.68. The van der Waals surface area contributed by atoms with Crippen molar-refractivity contribution in [3.8, 4) is 0 Å². The minimum Gasteiger partial charge on any atom is -0.444 e. The van der Waals surface area contributed by atoms with Crippen LogP contribution in [0.15, 0.2) is 0 Å². The van der Waals surface area contributed by atoms with Gasteiger partial charge in [0.1, 0.15) is 11.9 Å². The monoisotopic (exact) mass is 203 g/mol. The van der Waals surface area contributed by atoms with Crippen molar-refractivity contribution in [1.82, 2.24) is 5.32 Å². The number of amides is 1. The first kappa shape index (κ1) is 15.4. The fourth-order valence-corrected chi connectivity index (χ4v) is 0.547. The van der Waals surface area contributed by atoms with Gasteiger partial charge in [-0.25, -0.2) is 4.79 Å². The molecule has 0 rings (SSSR count). The molecule has 0 fully saturated rings. The van der Waals surface area contributed by atoms with E-state index >= 15 is 0 Å². The lowest BCUT2D eigenvalue weighted by Crippen LogP contribution is -2.33. The van der Waals surface area contributed by atoms with E-state index in [1.165, 1.54) is 0 Å². The van der Waals surface area contributed by atoms with Gasteiger partial charge in [0.2, 0.25) is 0 Å². The number of ether oxygens (including phenoxy) is 1. The molecule has 84 valence electrons. The van der Waals surface area contributed by atoms with Gasteiger partial charge in [-0.3, -0.25) is 0 Å². The van der Waals surface area contributed by atoms with Crippen LogP contribution in [-0.2, 0) is 9.53 Å². The maximum Gasteiger partial charge on any atom is 0.407 e. The lowest BCUT2D eigenvalue weighted by atomic mass is 10.2. The van der Waals surface area contributed by atoms with Crippen molar-refractivity contribution in [1.29, 1.82) is 0 Å². The Bertz CT molecular complexity index is 161. The maximum atomic E-state index is 10.9. The average molecular weight is 203 g/mol. The second-order valence-electron chi connectivity index (χ2n) is 3.38. The molecule has 0 unspecified atom stereocenters. The topological polar surface area (TPSA) is 55.4 Å². The number of alkyl carbamates (subject to hydrolysis) is 1. The number of carbonyl (C=O) groups is 2. The molecule has 1 N–H and O–H groups in total. The normalized spacial score (nSPS) is 9.50. The van der Waals surface area contributed by atoms with Gasteiger partial charge in [-0.05, 0) is 20.8 Å². The molecule has 1 amide bonds. The molecule has 14 heavy (non-hydrogen) atoms. The summed E-state index contributed by atoms with van der Waals surface area (Å²) in [7, 11) is 0. The van der Waals surface area contributed by atoms with E-state index < -0.39 is 11.7 Å². The molecule has 0 aromatic rings. The van der Waals surface area contributed by atoms with Crippen molar-refractivity contribution >= 4 is 12.4 Å². The molecule has 0 aliphatic heterocycles. The molecular formula is C10H21NO3. The van der Waals surface area contributed by atoms with E-state index in [1.807, 2.05) is 13.8 Å². The highest BCUT2D eigenvalue weighted by Gasteiger charge is 2.14. The van der Waals surface area contributed by atoms with Gasteiger partial charge in [0, 0.05) is 13.0 Å². The Morgan fingerprint density at radius 1 is 1.36 bits per heavy atom. The Morgan fingerprint density at radius 2 is 1.86 bits per heavy atom. The zero-order valence-corrected chi connectivity index (χ0v) is 9.72. The fourth-order valence-electron chi connectivity index (χ4n) is 0.547. The van der Waals surface area contributed by atoms with Crippen LogP contribution in [0.1, 0.15) is 41.0 Å². The van der Waals surface area contributed by atoms with Crippen LogP contribution in [0.25, 0.3) is 0 Å². The Balaban J connectivity index is 0. The summed E-state index contributed by atoms with van der Waals surface area (Å²) in [6.07, 6.45) is 0.584. The first-order valence-electron chi connectivity index (χ1n) is 4.86. The third-order valence-corrected chi connectivity index (χ3v) is 0.930. The van der Waals surface area contributed by atoms with E-state index in [2.05, 4.69) is 5.32 Å². The van der Waals surface area contributed by atoms with Gasteiger partial charge < -0.3 is 14.8 Å². The minimum absolute atomic E-state index is 0.319. The van der Waals surface area contributed by atoms with E-state index in [4.69, 9.17) is 4.74 Å². The second-order valence-corrected chi connectivity index (χ2v) is 3.38. The van der Waals surface area contributed by atoms with Crippen molar-refractivity contribution in [2.24, 2.45) is 0 Å². The molecule has 0 heterocycles. The number of hydrogen-bond donors (Lipinski definition) is 1. The summed E-state index contributed by atoms with van der Waals surface area (Å²) >= 11 is 0. The number of aldehydes is 1. The molecule has 4 nitrogen and oxygen atoms in total. The van der Waals surface area contributed by atoms with Crippen LogP contribution in [0.3, 0.4) is 0 Å². The van der Waals surface area contributed by atoms with Crippen LogP contribution < -0.4 is 5.32 Å². The van der Waals surface area contributed by atoms with Crippen LogP contribution in [0.4, 0.5) is 4.79 Å². The minimum atomic E-state index is -0.482. The number of hydrogen-bond acceptors (Lipinski definition) is 3. The predicted molar refractivity (Wildman–Crippen MR) is 56.3 cm³/mol. The SMILES string of the molecule is CC.CC(C)(C)OC(=O)NCCC=O. The summed E-state index contributed by atoms with van der Waals surface area (Å²) in [5.74, 6) is 0. The molecule has 4 heteroatoms. The quantitative estimate of drug-likeness (QED) is 0.564. The van der Waals surface area contributed by atoms with Crippen molar-refractivity contribution in [3.63, 3.8) is 0 Å². The van der Waals surface area contributed by atoms with Crippen LogP contribution in [0, 0.1) is 0 Å². The van der Waals surface area contributed by atoms with Gasteiger partial charge in [0.05, 0.1) is 0 Å². The summed E-state index contributed by atoms with van der Waals surface area (Å²) in [6, 6.07) is 0. The van der Waals surface area contributed by atoms with Gasteiger partial charge in [-0.2, -0.15) is 0 Å². The fraction of sp³-hybridized carbons (Fsp3) is 0.800. The summed E-state index contributed by atoms with van der Waals surface area (Å²) < 4.78 is 4.92. The molecule has 0 saturated heterocycles. The number of nitrogens with one attached hydrogen (secondary N) is 1. The molecule has 0 aliphatic carbocycles. The second kappa shape index (κ2) is 8.53. The van der Waals surface area contributed by atoms with Gasteiger partial charge in [0.25, 0.3) is 0 Å².